The van der Waals surface area contributed by atoms with Crippen molar-refractivity contribution in [3.63, 3.8) is 0 Å². The van der Waals surface area contributed by atoms with Gasteiger partial charge in [-0.3, -0.25) is 9.59 Å². The molecule has 4 aliphatic rings. The summed E-state index contributed by atoms with van der Waals surface area (Å²) in [5.74, 6) is 2.32. The van der Waals surface area contributed by atoms with Gasteiger partial charge in [-0.2, -0.15) is 0 Å². The maximum atomic E-state index is 13.1. The van der Waals surface area contributed by atoms with E-state index in [2.05, 4.69) is 13.8 Å². The molecule has 0 spiro atoms. The van der Waals surface area contributed by atoms with E-state index in [0.717, 1.165) is 32.1 Å². The van der Waals surface area contributed by atoms with Crippen LogP contribution in [0.5, 0.6) is 0 Å². The first-order valence-electron chi connectivity index (χ1n) is 9.06. The van der Waals surface area contributed by atoms with E-state index in [0.29, 0.717) is 48.6 Å². The van der Waals surface area contributed by atoms with E-state index >= 15 is 0 Å². The lowest BCUT2D eigenvalue weighted by molar-refractivity contribution is -0.158. The number of fused-ring (bicyclic) bond motifs is 5. The van der Waals surface area contributed by atoms with E-state index in [9.17, 15) is 14.7 Å². The summed E-state index contributed by atoms with van der Waals surface area (Å²) in [5.41, 5.74) is 0.0497. The third-order valence-corrected chi connectivity index (χ3v) is 7.90. The molecule has 7 atom stereocenters. The number of aliphatic hydroxyl groups is 1. The quantitative estimate of drug-likeness (QED) is 0.748. The Bertz CT molecular complexity index is 527. The van der Waals surface area contributed by atoms with E-state index in [-0.39, 0.29) is 22.9 Å². The Morgan fingerprint density at radius 3 is 2.73 bits per heavy atom. The summed E-state index contributed by atoms with van der Waals surface area (Å²) < 4.78 is 0. The molecular formula is C19H28O3. The molecule has 0 saturated heterocycles. The van der Waals surface area contributed by atoms with E-state index in [4.69, 9.17) is 0 Å². The molecule has 122 valence electrons. The lowest BCUT2D eigenvalue weighted by Crippen LogP contribution is -2.56. The molecule has 4 fully saturated rings. The predicted octanol–water partition coefficient (Wildman–Crippen LogP) is 3.14. The molecule has 4 rings (SSSR count). The smallest absolute Gasteiger partial charge is 0.137 e. The zero-order valence-electron chi connectivity index (χ0n) is 13.8. The number of carbonyl (C=O) groups excluding carboxylic acids is 2. The summed E-state index contributed by atoms with van der Waals surface area (Å²) in [6, 6.07) is 0. The maximum Gasteiger partial charge on any atom is 0.137 e. The highest BCUT2D eigenvalue weighted by atomic mass is 16.3. The van der Waals surface area contributed by atoms with Gasteiger partial charge in [-0.1, -0.05) is 13.8 Å². The van der Waals surface area contributed by atoms with Crippen molar-refractivity contribution in [1.29, 1.82) is 0 Å². The van der Waals surface area contributed by atoms with Crippen molar-refractivity contribution in [2.45, 2.75) is 71.3 Å². The normalized spacial score (nSPS) is 54.6. The molecule has 0 radical (unpaired) electrons. The molecule has 3 nitrogen and oxygen atoms in total. The van der Waals surface area contributed by atoms with Crippen molar-refractivity contribution in [3.8, 4) is 0 Å². The highest BCUT2D eigenvalue weighted by Crippen LogP contribution is 2.64. The molecule has 4 aliphatic carbocycles. The van der Waals surface area contributed by atoms with Crippen molar-refractivity contribution in [2.24, 2.45) is 34.5 Å². The van der Waals surface area contributed by atoms with Crippen molar-refractivity contribution in [1.82, 2.24) is 0 Å². The van der Waals surface area contributed by atoms with Gasteiger partial charge in [-0.15, -0.1) is 0 Å². The van der Waals surface area contributed by atoms with Gasteiger partial charge in [0.05, 0.1) is 6.10 Å². The summed E-state index contributed by atoms with van der Waals surface area (Å²) in [5, 5.41) is 10.2. The average Bonchev–Trinajstić information content (AvgIpc) is 2.73. The van der Waals surface area contributed by atoms with Crippen LogP contribution in [0.4, 0.5) is 0 Å². The third kappa shape index (κ3) is 1.90. The van der Waals surface area contributed by atoms with E-state index < -0.39 is 0 Å². The van der Waals surface area contributed by atoms with Gasteiger partial charge >= 0.3 is 0 Å². The number of carbonyl (C=O) groups is 2. The van der Waals surface area contributed by atoms with Gasteiger partial charge in [0.25, 0.3) is 0 Å². The van der Waals surface area contributed by atoms with Crippen molar-refractivity contribution < 1.29 is 14.7 Å². The molecule has 0 aromatic rings. The Morgan fingerprint density at radius 1 is 1.18 bits per heavy atom. The Labute approximate surface area is 132 Å². The minimum atomic E-state index is -0.222. The molecule has 0 amide bonds. The molecule has 1 N–H and O–H groups in total. The molecule has 2 unspecified atom stereocenters. The van der Waals surface area contributed by atoms with Crippen molar-refractivity contribution in [2.75, 3.05) is 0 Å². The summed E-state index contributed by atoms with van der Waals surface area (Å²) in [4.78, 5) is 24.9. The standard InChI is InChI=1S/C19H28O3/c1-18-9-13(21)8-15(18)14-4-3-11-7-12(20)5-6-19(11,2)17(14)16(22)10-18/h11,13-15,17,21H,3-10H2,1-2H3/t11?,13?,14-,15-,17+,18-,19-/m0/s1. The van der Waals surface area contributed by atoms with Gasteiger partial charge in [0.15, 0.2) is 0 Å². The first-order chi connectivity index (χ1) is 10.3. The second kappa shape index (κ2) is 4.66. The topological polar surface area (TPSA) is 54.4 Å². The van der Waals surface area contributed by atoms with Crippen molar-refractivity contribution in [3.05, 3.63) is 0 Å². The van der Waals surface area contributed by atoms with Gasteiger partial charge in [0.2, 0.25) is 0 Å². The number of ketones is 2. The van der Waals surface area contributed by atoms with Crippen LogP contribution < -0.4 is 0 Å². The lowest BCUT2D eigenvalue weighted by Gasteiger charge is -2.58. The van der Waals surface area contributed by atoms with Crippen LogP contribution in [0.1, 0.15) is 65.2 Å². The third-order valence-electron chi connectivity index (χ3n) is 7.90. The van der Waals surface area contributed by atoms with Gasteiger partial charge in [0.1, 0.15) is 11.6 Å². The van der Waals surface area contributed by atoms with Crippen LogP contribution in [-0.2, 0) is 9.59 Å². The van der Waals surface area contributed by atoms with Crippen LogP contribution in [0.15, 0.2) is 0 Å². The Morgan fingerprint density at radius 2 is 1.95 bits per heavy atom. The van der Waals surface area contributed by atoms with E-state index in [1.54, 1.807) is 0 Å². The number of rotatable bonds is 0. The zero-order valence-corrected chi connectivity index (χ0v) is 13.8. The molecule has 0 aromatic heterocycles. The highest BCUT2D eigenvalue weighted by Gasteiger charge is 2.62. The lowest BCUT2D eigenvalue weighted by atomic mass is 9.45. The highest BCUT2D eigenvalue weighted by molar-refractivity contribution is 5.85. The molecule has 0 aromatic carbocycles. The van der Waals surface area contributed by atoms with Crippen LogP contribution in [0.3, 0.4) is 0 Å². The van der Waals surface area contributed by atoms with Gasteiger partial charge in [-0.25, -0.2) is 0 Å². The minimum Gasteiger partial charge on any atom is -0.393 e. The summed E-state index contributed by atoms with van der Waals surface area (Å²) in [7, 11) is 0. The number of aliphatic hydroxyl groups excluding tert-OH is 1. The second-order valence-electron chi connectivity index (χ2n) is 9.16. The molecule has 0 bridgehead atoms. The van der Waals surface area contributed by atoms with Gasteiger partial charge in [0, 0.05) is 25.2 Å². The molecule has 0 aliphatic heterocycles. The first-order valence-corrected chi connectivity index (χ1v) is 9.06. The number of Topliss-reactive ketones (excluding diaryl/α,β-unsaturated/α-hetero) is 2. The minimum absolute atomic E-state index is 0.0192. The summed E-state index contributed by atoms with van der Waals surface area (Å²) in [6.07, 6.45) is 6.53. The SMILES string of the molecule is C[C@]12CC(=O)[C@H]3[C@@H](CCC4CC(=O)CC[C@@]43C)[C@@H]1CC(O)C2. The van der Waals surface area contributed by atoms with E-state index in [1.807, 2.05) is 0 Å². The molecule has 22 heavy (non-hydrogen) atoms. The first kappa shape index (κ1) is 14.9. The predicted molar refractivity (Wildman–Crippen MR) is 83.1 cm³/mol. The fourth-order valence-corrected chi connectivity index (χ4v) is 6.91. The molecule has 3 heteroatoms. The largest absolute Gasteiger partial charge is 0.393 e. The van der Waals surface area contributed by atoms with Crippen LogP contribution in [0.25, 0.3) is 0 Å². The van der Waals surface area contributed by atoms with Gasteiger partial charge in [-0.05, 0) is 60.7 Å². The molecule has 4 saturated carbocycles. The zero-order chi connectivity index (χ0) is 15.7. The second-order valence-corrected chi connectivity index (χ2v) is 9.16. The fraction of sp³-hybridized carbons (Fsp3) is 0.895. The number of hydrogen-bond acceptors (Lipinski definition) is 3. The average molecular weight is 304 g/mol. The Hall–Kier alpha value is -0.700. The Balaban J connectivity index is 1.70. The van der Waals surface area contributed by atoms with Crippen LogP contribution in [-0.4, -0.2) is 22.8 Å². The maximum absolute atomic E-state index is 13.1. The van der Waals surface area contributed by atoms with Crippen LogP contribution in [0.2, 0.25) is 0 Å². The molecular weight excluding hydrogens is 276 g/mol. The van der Waals surface area contributed by atoms with Crippen LogP contribution in [0, 0.1) is 34.5 Å². The fourth-order valence-electron chi connectivity index (χ4n) is 6.91. The monoisotopic (exact) mass is 304 g/mol. The van der Waals surface area contributed by atoms with E-state index in [1.165, 1.54) is 0 Å². The van der Waals surface area contributed by atoms with Crippen molar-refractivity contribution >= 4 is 11.6 Å². The number of hydrogen-bond donors (Lipinski definition) is 1. The summed E-state index contributed by atoms with van der Waals surface area (Å²) in [6.45, 7) is 4.51. The van der Waals surface area contributed by atoms with Crippen LogP contribution >= 0.6 is 0 Å². The summed E-state index contributed by atoms with van der Waals surface area (Å²) >= 11 is 0. The molecule has 0 heterocycles. The Kier molecular flexibility index (Phi) is 3.15. The van der Waals surface area contributed by atoms with Gasteiger partial charge < -0.3 is 5.11 Å².